The molecular formula is C15H14N2O3S2. The summed E-state index contributed by atoms with van der Waals surface area (Å²) in [5.41, 5.74) is 0.558. The normalized spacial score (nSPS) is 12.6. The van der Waals surface area contributed by atoms with Crippen molar-refractivity contribution in [3.8, 4) is 10.4 Å². The molecule has 0 amide bonds. The SMILES string of the molecule is CCC(C(=O)O)n1c(C)nc2scc(-c3cccs3)c2c1=O. The number of aliphatic carboxylic acids is 1. The van der Waals surface area contributed by atoms with E-state index in [1.165, 1.54) is 15.9 Å². The predicted molar refractivity (Wildman–Crippen MR) is 88.9 cm³/mol. The molecule has 22 heavy (non-hydrogen) atoms. The number of carboxylic acid groups (broad SMARTS) is 1. The molecule has 1 unspecified atom stereocenters. The molecule has 5 nitrogen and oxygen atoms in total. The van der Waals surface area contributed by atoms with Gasteiger partial charge < -0.3 is 5.11 Å². The fourth-order valence-corrected chi connectivity index (χ4v) is 4.35. The third-order valence-corrected chi connectivity index (χ3v) is 5.36. The molecule has 0 radical (unpaired) electrons. The van der Waals surface area contributed by atoms with E-state index in [1.807, 2.05) is 22.9 Å². The summed E-state index contributed by atoms with van der Waals surface area (Å²) >= 11 is 2.96. The first kappa shape index (κ1) is 14.9. The number of carbonyl (C=O) groups is 1. The highest BCUT2D eigenvalue weighted by molar-refractivity contribution is 7.18. The van der Waals surface area contributed by atoms with Gasteiger partial charge in [-0.05, 0) is 24.8 Å². The Balaban J connectivity index is 2.34. The van der Waals surface area contributed by atoms with Crippen molar-refractivity contribution in [1.29, 1.82) is 0 Å². The standard InChI is InChI=1S/C15H14N2O3S2/c1-3-10(15(19)20)17-8(2)16-13-12(14(17)18)9(7-22-13)11-5-4-6-21-11/h4-7,10H,3H2,1-2H3,(H,19,20). The second kappa shape index (κ2) is 5.66. The minimum absolute atomic E-state index is 0.276. The molecule has 3 heterocycles. The Kier molecular flexibility index (Phi) is 3.84. The van der Waals surface area contributed by atoms with Crippen molar-refractivity contribution in [2.45, 2.75) is 26.3 Å². The van der Waals surface area contributed by atoms with Crippen LogP contribution in [0.4, 0.5) is 0 Å². The van der Waals surface area contributed by atoms with E-state index >= 15 is 0 Å². The zero-order chi connectivity index (χ0) is 15.9. The first-order chi connectivity index (χ1) is 10.5. The number of carboxylic acids is 1. The van der Waals surface area contributed by atoms with Gasteiger partial charge in [0.05, 0.1) is 5.39 Å². The van der Waals surface area contributed by atoms with Gasteiger partial charge in [0.25, 0.3) is 5.56 Å². The lowest BCUT2D eigenvalue weighted by molar-refractivity contribution is -0.141. The molecule has 0 aromatic carbocycles. The van der Waals surface area contributed by atoms with Gasteiger partial charge in [0.1, 0.15) is 16.7 Å². The number of aromatic nitrogens is 2. The van der Waals surface area contributed by atoms with Crippen molar-refractivity contribution in [2.24, 2.45) is 0 Å². The Morgan fingerprint density at radius 1 is 1.45 bits per heavy atom. The number of nitrogens with zero attached hydrogens (tertiary/aromatic N) is 2. The Morgan fingerprint density at radius 2 is 2.23 bits per heavy atom. The number of hydrogen-bond acceptors (Lipinski definition) is 5. The van der Waals surface area contributed by atoms with Gasteiger partial charge in [-0.3, -0.25) is 9.36 Å². The van der Waals surface area contributed by atoms with Crippen LogP contribution in [0.2, 0.25) is 0 Å². The summed E-state index contributed by atoms with van der Waals surface area (Å²) in [7, 11) is 0. The van der Waals surface area contributed by atoms with Gasteiger partial charge >= 0.3 is 5.97 Å². The number of hydrogen-bond donors (Lipinski definition) is 1. The zero-order valence-electron chi connectivity index (χ0n) is 12.1. The van der Waals surface area contributed by atoms with E-state index in [1.54, 1.807) is 25.2 Å². The predicted octanol–water partition coefficient (Wildman–Crippen LogP) is 3.53. The molecule has 0 aliphatic carbocycles. The molecule has 114 valence electrons. The summed E-state index contributed by atoms with van der Waals surface area (Å²) in [6.07, 6.45) is 0.335. The summed E-state index contributed by atoms with van der Waals surface area (Å²) < 4.78 is 1.30. The quantitative estimate of drug-likeness (QED) is 0.792. The molecule has 0 saturated carbocycles. The highest BCUT2D eigenvalue weighted by Crippen LogP contribution is 2.34. The van der Waals surface area contributed by atoms with Crippen LogP contribution in [0.3, 0.4) is 0 Å². The average molecular weight is 334 g/mol. The van der Waals surface area contributed by atoms with Crippen molar-refractivity contribution in [3.63, 3.8) is 0 Å². The van der Waals surface area contributed by atoms with Gasteiger partial charge in [0, 0.05) is 15.8 Å². The van der Waals surface area contributed by atoms with Gasteiger partial charge in [0.2, 0.25) is 0 Å². The molecule has 0 bridgehead atoms. The molecule has 0 aliphatic rings. The van der Waals surface area contributed by atoms with Crippen molar-refractivity contribution >= 4 is 38.9 Å². The van der Waals surface area contributed by atoms with Crippen molar-refractivity contribution < 1.29 is 9.90 Å². The highest BCUT2D eigenvalue weighted by atomic mass is 32.1. The average Bonchev–Trinajstić information content (AvgIpc) is 3.11. The van der Waals surface area contributed by atoms with E-state index in [0.717, 1.165) is 10.4 Å². The van der Waals surface area contributed by atoms with Crippen molar-refractivity contribution in [1.82, 2.24) is 9.55 Å². The largest absolute Gasteiger partial charge is 0.480 e. The maximum absolute atomic E-state index is 12.9. The van der Waals surface area contributed by atoms with Gasteiger partial charge in [-0.2, -0.15) is 0 Å². The first-order valence-electron chi connectivity index (χ1n) is 6.81. The first-order valence-corrected chi connectivity index (χ1v) is 8.57. The molecule has 0 fully saturated rings. The lowest BCUT2D eigenvalue weighted by atomic mass is 10.1. The summed E-state index contributed by atoms with van der Waals surface area (Å²) in [6, 6.07) is 2.99. The van der Waals surface area contributed by atoms with Crippen molar-refractivity contribution in [2.75, 3.05) is 0 Å². The van der Waals surface area contributed by atoms with E-state index in [4.69, 9.17) is 0 Å². The van der Waals surface area contributed by atoms with E-state index in [-0.39, 0.29) is 5.56 Å². The van der Waals surface area contributed by atoms with Crippen LogP contribution in [-0.2, 0) is 4.79 Å². The number of aryl methyl sites for hydroxylation is 1. The van der Waals surface area contributed by atoms with Crippen LogP contribution in [-0.4, -0.2) is 20.6 Å². The Morgan fingerprint density at radius 3 is 2.82 bits per heavy atom. The minimum atomic E-state index is -1.01. The van der Waals surface area contributed by atoms with Crippen LogP contribution in [0.5, 0.6) is 0 Å². The van der Waals surface area contributed by atoms with E-state index in [0.29, 0.717) is 22.5 Å². The molecular weight excluding hydrogens is 320 g/mol. The maximum Gasteiger partial charge on any atom is 0.326 e. The highest BCUT2D eigenvalue weighted by Gasteiger charge is 2.24. The van der Waals surface area contributed by atoms with E-state index in [2.05, 4.69) is 4.98 Å². The molecule has 1 atom stereocenters. The maximum atomic E-state index is 12.9. The molecule has 1 N–H and O–H groups in total. The molecule has 3 aromatic rings. The summed E-state index contributed by atoms with van der Waals surface area (Å²) in [5, 5.41) is 13.7. The summed E-state index contributed by atoms with van der Waals surface area (Å²) in [4.78, 5) is 30.4. The monoisotopic (exact) mass is 334 g/mol. The van der Waals surface area contributed by atoms with E-state index in [9.17, 15) is 14.7 Å². The lowest BCUT2D eigenvalue weighted by Crippen LogP contribution is -2.32. The van der Waals surface area contributed by atoms with Crippen molar-refractivity contribution in [3.05, 3.63) is 39.1 Å². The van der Waals surface area contributed by atoms with E-state index < -0.39 is 12.0 Å². The molecule has 3 rings (SSSR count). The fourth-order valence-electron chi connectivity index (χ4n) is 2.55. The Bertz CT molecular complexity index is 894. The van der Waals surface area contributed by atoms with Crippen LogP contribution in [0.15, 0.2) is 27.7 Å². The number of rotatable bonds is 4. The molecule has 0 aliphatic heterocycles. The fraction of sp³-hybridized carbons (Fsp3) is 0.267. The Hall–Kier alpha value is -1.99. The molecule has 3 aromatic heterocycles. The van der Waals surface area contributed by atoms with Gasteiger partial charge in [-0.15, -0.1) is 22.7 Å². The molecule has 0 spiro atoms. The number of thiophene rings is 2. The summed E-state index contributed by atoms with van der Waals surface area (Å²) in [5.74, 6) is -0.576. The van der Waals surface area contributed by atoms with Crippen LogP contribution >= 0.6 is 22.7 Å². The second-order valence-corrected chi connectivity index (χ2v) is 6.71. The third-order valence-electron chi connectivity index (χ3n) is 3.59. The Labute approximate surface area is 134 Å². The third kappa shape index (κ3) is 2.26. The van der Waals surface area contributed by atoms with Crippen LogP contribution < -0.4 is 5.56 Å². The van der Waals surface area contributed by atoms with Crippen LogP contribution in [0.25, 0.3) is 20.7 Å². The molecule has 7 heteroatoms. The minimum Gasteiger partial charge on any atom is -0.480 e. The second-order valence-electron chi connectivity index (χ2n) is 4.90. The van der Waals surface area contributed by atoms with Gasteiger partial charge in [0.15, 0.2) is 0 Å². The summed E-state index contributed by atoms with van der Waals surface area (Å²) in [6.45, 7) is 3.43. The number of fused-ring (bicyclic) bond motifs is 1. The van der Waals surface area contributed by atoms with Gasteiger partial charge in [-0.1, -0.05) is 13.0 Å². The topological polar surface area (TPSA) is 72.2 Å². The zero-order valence-corrected chi connectivity index (χ0v) is 13.7. The van der Waals surface area contributed by atoms with Crippen LogP contribution in [0, 0.1) is 6.92 Å². The lowest BCUT2D eigenvalue weighted by Gasteiger charge is -2.16. The molecule has 0 saturated heterocycles. The van der Waals surface area contributed by atoms with Gasteiger partial charge in [-0.25, -0.2) is 9.78 Å². The smallest absolute Gasteiger partial charge is 0.326 e. The van der Waals surface area contributed by atoms with Crippen LogP contribution in [0.1, 0.15) is 25.2 Å².